The molecule has 0 saturated heterocycles. The van der Waals surface area contributed by atoms with Crippen LogP contribution >= 0.6 is 0 Å². The van der Waals surface area contributed by atoms with Crippen molar-refractivity contribution in [3.63, 3.8) is 0 Å². The quantitative estimate of drug-likeness (QED) is 0.681. The van der Waals surface area contributed by atoms with Gasteiger partial charge in [0.25, 0.3) is 0 Å². The van der Waals surface area contributed by atoms with Crippen LogP contribution in [0.15, 0.2) is 60.2 Å². The van der Waals surface area contributed by atoms with Crippen LogP contribution in [-0.4, -0.2) is 5.78 Å². The number of rotatable bonds is 5. The first-order valence-corrected chi connectivity index (χ1v) is 7.54. The van der Waals surface area contributed by atoms with Gasteiger partial charge in [-0.3, -0.25) is 4.79 Å². The van der Waals surface area contributed by atoms with Gasteiger partial charge in [0.15, 0.2) is 5.78 Å². The lowest BCUT2D eigenvalue weighted by Gasteiger charge is -2.14. The number of carbonyl (C=O) groups excluding carboxylic acids is 1. The predicted octanol–water partition coefficient (Wildman–Crippen LogP) is 5.50. The highest BCUT2D eigenvalue weighted by Gasteiger charge is 2.13. The van der Waals surface area contributed by atoms with Gasteiger partial charge in [-0.1, -0.05) is 44.2 Å². The van der Waals surface area contributed by atoms with Crippen molar-refractivity contribution < 1.29 is 9.53 Å². The summed E-state index contributed by atoms with van der Waals surface area (Å²) in [4.78, 5) is 11.8. The first kappa shape index (κ1) is 16.0. The maximum absolute atomic E-state index is 11.8. The minimum Gasteiger partial charge on any atom is -0.457 e. The first-order valence-electron chi connectivity index (χ1n) is 7.54. The van der Waals surface area contributed by atoms with Gasteiger partial charge in [-0.05, 0) is 55.2 Å². The molecular weight excluding hydrogens is 272 g/mol. The van der Waals surface area contributed by atoms with Gasteiger partial charge in [0.1, 0.15) is 11.5 Å². The Kier molecular flexibility index (Phi) is 5.16. The number of carbonyl (C=O) groups is 1. The Morgan fingerprint density at radius 2 is 1.41 bits per heavy atom. The van der Waals surface area contributed by atoms with Crippen LogP contribution in [0.2, 0.25) is 0 Å². The second kappa shape index (κ2) is 7.08. The van der Waals surface area contributed by atoms with Crippen LogP contribution in [0, 0.1) is 5.92 Å². The van der Waals surface area contributed by atoms with Gasteiger partial charge >= 0.3 is 0 Å². The molecule has 0 heterocycles. The van der Waals surface area contributed by atoms with E-state index >= 15 is 0 Å². The third kappa shape index (κ3) is 3.85. The lowest BCUT2D eigenvalue weighted by atomic mass is 9.91. The van der Waals surface area contributed by atoms with Crippen molar-refractivity contribution in [3.05, 3.63) is 65.7 Å². The summed E-state index contributed by atoms with van der Waals surface area (Å²) in [6.45, 7) is 7.73. The molecule has 2 aromatic rings. The summed E-state index contributed by atoms with van der Waals surface area (Å²) in [7, 11) is 0. The molecule has 0 aliphatic carbocycles. The van der Waals surface area contributed by atoms with Crippen LogP contribution in [0.3, 0.4) is 0 Å². The predicted molar refractivity (Wildman–Crippen MR) is 91.1 cm³/mol. The van der Waals surface area contributed by atoms with Crippen LogP contribution < -0.4 is 4.74 Å². The van der Waals surface area contributed by atoms with E-state index in [0.29, 0.717) is 0 Å². The first-order chi connectivity index (χ1) is 10.5. The molecule has 22 heavy (non-hydrogen) atoms. The fourth-order valence-corrected chi connectivity index (χ4v) is 2.66. The minimum atomic E-state index is 0.136. The molecule has 0 N–H and O–H groups in total. The molecule has 0 spiro atoms. The summed E-state index contributed by atoms with van der Waals surface area (Å²) in [6.07, 6.45) is 0. The number of hydrogen-bond donors (Lipinski definition) is 0. The zero-order valence-corrected chi connectivity index (χ0v) is 13.6. The second-order valence-corrected chi connectivity index (χ2v) is 5.69. The summed E-state index contributed by atoms with van der Waals surface area (Å²) < 4.78 is 5.79. The van der Waals surface area contributed by atoms with Gasteiger partial charge in [0.2, 0.25) is 0 Å². The summed E-state index contributed by atoms with van der Waals surface area (Å²) in [5, 5.41) is 0. The molecule has 2 nitrogen and oxygen atoms in total. The van der Waals surface area contributed by atoms with Gasteiger partial charge in [0, 0.05) is 5.57 Å². The smallest absolute Gasteiger partial charge is 0.156 e. The van der Waals surface area contributed by atoms with Crippen molar-refractivity contribution in [2.45, 2.75) is 27.7 Å². The van der Waals surface area contributed by atoms with E-state index in [2.05, 4.69) is 0 Å². The maximum Gasteiger partial charge on any atom is 0.156 e. The van der Waals surface area contributed by atoms with E-state index in [9.17, 15) is 4.79 Å². The molecule has 0 aromatic heterocycles. The summed E-state index contributed by atoms with van der Waals surface area (Å²) in [5.41, 5.74) is 2.98. The Morgan fingerprint density at radius 3 is 1.91 bits per heavy atom. The Morgan fingerprint density at radius 1 is 0.864 bits per heavy atom. The SMILES string of the molecule is CC(=O)/C(=C(\C)c1ccc(Oc2ccccc2)cc1)C(C)C. The fourth-order valence-electron chi connectivity index (χ4n) is 2.66. The molecule has 0 bridgehead atoms. The minimum absolute atomic E-state index is 0.136. The monoisotopic (exact) mass is 294 g/mol. The van der Waals surface area contributed by atoms with Crippen LogP contribution in [-0.2, 0) is 4.79 Å². The van der Waals surface area contributed by atoms with Crippen LogP contribution in [0.4, 0.5) is 0 Å². The number of ketones is 1. The number of benzene rings is 2. The lowest BCUT2D eigenvalue weighted by molar-refractivity contribution is -0.113. The highest BCUT2D eigenvalue weighted by Crippen LogP contribution is 2.27. The van der Waals surface area contributed by atoms with E-state index in [4.69, 9.17) is 4.74 Å². The summed E-state index contributed by atoms with van der Waals surface area (Å²) in [5.74, 6) is 1.96. The molecular formula is C20H22O2. The van der Waals surface area contributed by atoms with E-state index in [1.807, 2.05) is 75.4 Å². The average molecular weight is 294 g/mol. The van der Waals surface area contributed by atoms with Crippen LogP contribution in [0.1, 0.15) is 33.3 Å². The van der Waals surface area contributed by atoms with Gasteiger partial charge in [0.05, 0.1) is 0 Å². The number of allylic oxidation sites excluding steroid dienone is 2. The third-order valence-corrected chi connectivity index (χ3v) is 3.63. The van der Waals surface area contributed by atoms with E-state index in [1.165, 1.54) is 0 Å². The van der Waals surface area contributed by atoms with Gasteiger partial charge in [-0.15, -0.1) is 0 Å². The summed E-state index contributed by atoms with van der Waals surface area (Å²) in [6, 6.07) is 17.6. The van der Waals surface area contributed by atoms with Crippen molar-refractivity contribution in [1.82, 2.24) is 0 Å². The van der Waals surface area contributed by atoms with Gasteiger partial charge in [-0.2, -0.15) is 0 Å². The topological polar surface area (TPSA) is 26.3 Å². The van der Waals surface area contributed by atoms with Crippen molar-refractivity contribution in [1.29, 1.82) is 0 Å². The Bertz CT molecular complexity index is 665. The van der Waals surface area contributed by atoms with E-state index in [-0.39, 0.29) is 11.7 Å². The lowest BCUT2D eigenvalue weighted by Crippen LogP contribution is -2.06. The molecule has 0 saturated carbocycles. The van der Waals surface area contributed by atoms with Crippen LogP contribution in [0.5, 0.6) is 11.5 Å². The zero-order valence-electron chi connectivity index (χ0n) is 13.6. The fraction of sp³-hybridized carbons (Fsp3) is 0.250. The van der Waals surface area contributed by atoms with Gasteiger partial charge < -0.3 is 4.74 Å². The largest absolute Gasteiger partial charge is 0.457 e. The number of Topliss-reactive ketones (excluding diaryl/α,β-unsaturated/α-hetero) is 1. The Hall–Kier alpha value is -2.35. The van der Waals surface area contributed by atoms with Crippen molar-refractivity contribution >= 4 is 11.4 Å². The van der Waals surface area contributed by atoms with Crippen molar-refractivity contribution in [3.8, 4) is 11.5 Å². The molecule has 0 amide bonds. The average Bonchev–Trinajstić information content (AvgIpc) is 2.48. The maximum atomic E-state index is 11.8. The van der Waals surface area contributed by atoms with Crippen molar-refractivity contribution in [2.24, 2.45) is 5.92 Å². The van der Waals surface area contributed by atoms with Crippen LogP contribution in [0.25, 0.3) is 5.57 Å². The molecule has 0 unspecified atom stereocenters. The molecule has 0 atom stereocenters. The Balaban J connectivity index is 2.25. The molecule has 0 fully saturated rings. The third-order valence-electron chi connectivity index (χ3n) is 3.63. The molecule has 2 rings (SSSR count). The molecule has 2 aromatic carbocycles. The molecule has 2 heteroatoms. The summed E-state index contributed by atoms with van der Waals surface area (Å²) >= 11 is 0. The normalized spacial score (nSPS) is 12.0. The van der Waals surface area contributed by atoms with Crippen molar-refractivity contribution in [2.75, 3.05) is 0 Å². The number of ether oxygens (including phenoxy) is 1. The highest BCUT2D eigenvalue weighted by atomic mass is 16.5. The second-order valence-electron chi connectivity index (χ2n) is 5.69. The number of hydrogen-bond acceptors (Lipinski definition) is 2. The zero-order chi connectivity index (χ0) is 16.1. The molecule has 0 aliphatic rings. The van der Waals surface area contributed by atoms with E-state index in [0.717, 1.165) is 28.2 Å². The molecule has 114 valence electrons. The Labute approximate surface area is 132 Å². The number of para-hydroxylation sites is 1. The highest BCUT2D eigenvalue weighted by molar-refractivity contribution is 6.01. The van der Waals surface area contributed by atoms with Gasteiger partial charge in [-0.25, -0.2) is 0 Å². The molecule has 0 radical (unpaired) electrons. The standard InChI is InChI=1S/C20H22O2/c1-14(2)20(16(4)21)15(3)17-10-12-19(13-11-17)22-18-8-6-5-7-9-18/h5-14H,1-4H3/b20-15+. The van der Waals surface area contributed by atoms with E-state index < -0.39 is 0 Å². The van der Waals surface area contributed by atoms with E-state index in [1.54, 1.807) is 6.92 Å². The molecule has 0 aliphatic heterocycles.